The highest BCUT2D eigenvalue weighted by atomic mass is 35.5. The number of hydrogen-bond donors (Lipinski definition) is 3. The number of unbranched alkanes of at least 4 members (excludes halogenated alkanes) is 11. The van der Waals surface area contributed by atoms with Crippen molar-refractivity contribution in [2.24, 2.45) is 54.9 Å². The standard InChI is InChI=1S/C76H95N7O4.3ClH/c1-11-12-13-14-15-16-17-18-19-20-21-22-47-84-58-31-23-54(24-32-58)70-62-39-41-64(80-62)71(55-25-33-59(34-26-55)85-74(5,6)51(2)48-77)66-43-45-68(82-66)73(57-29-37-61(38-30-57)87-76(9,10)53(4)50-79)69-46-44-67(83-69)72(65-42-40-63(70)81-65)56-27-35-60(36-28-56)86-75(7,8)52(3)49-78;;;/h23-46,51-53H,11-22,47-50,77-79H2,1-10H3;3*1H. The molecule has 0 saturated heterocycles. The second kappa shape index (κ2) is 33.1. The monoisotopic (exact) mass is 1280 g/mol. The van der Waals surface area contributed by atoms with Crippen LogP contribution in [0.5, 0.6) is 23.0 Å². The molecule has 0 aromatic heterocycles. The lowest BCUT2D eigenvalue weighted by atomic mass is 9.92. The molecule has 3 atom stereocenters. The first-order valence-electron chi connectivity index (χ1n) is 32.2. The van der Waals surface area contributed by atoms with Crippen LogP contribution in [0.3, 0.4) is 0 Å². The molecule has 8 bridgehead atoms. The minimum atomic E-state index is -0.478. The van der Waals surface area contributed by atoms with Gasteiger partial charge in [0.15, 0.2) is 0 Å². The summed E-state index contributed by atoms with van der Waals surface area (Å²) in [4.78, 5) is 22.2. The third kappa shape index (κ3) is 17.9. The fourth-order valence-corrected chi connectivity index (χ4v) is 11.3. The van der Waals surface area contributed by atoms with Crippen LogP contribution in [0.15, 0.2) is 188 Å². The maximum atomic E-state index is 6.58. The van der Waals surface area contributed by atoms with Crippen LogP contribution >= 0.6 is 37.2 Å². The lowest BCUT2D eigenvalue weighted by molar-refractivity contribution is 0.0553. The van der Waals surface area contributed by atoms with Crippen molar-refractivity contribution in [3.05, 3.63) is 191 Å². The smallest absolute Gasteiger partial charge is 0.120 e. The number of fused-ring (bicyclic) bond motifs is 4. The quantitative estimate of drug-likeness (QED) is 0.0437. The Balaban J connectivity index is 0.00000430. The van der Waals surface area contributed by atoms with Crippen molar-refractivity contribution in [3.8, 4) is 23.0 Å². The van der Waals surface area contributed by atoms with Gasteiger partial charge in [0.1, 0.15) is 39.8 Å². The summed E-state index contributed by atoms with van der Waals surface area (Å²) in [5.74, 6) is 3.51. The Labute approximate surface area is 556 Å². The van der Waals surface area contributed by atoms with Gasteiger partial charge >= 0.3 is 0 Å². The van der Waals surface area contributed by atoms with Crippen LogP contribution in [-0.2, 0) is 0 Å². The Morgan fingerprint density at radius 2 is 0.567 bits per heavy atom. The highest BCUT2D eigenvalue weighted by molar-refractivity contribution is 6.39. The summed E-state index contributed by atoms with van der Waals surface area (Å²) >= 11 is 0. The molecule has 0 saturated carbocycles. The van der Waals surface area contributed by atoms with E-state index in [1.165, 1.54) is 70.6 Å². The summed E-state index contributed by atoms with van der Waals surface area (Å²) in [5.41, 5.74) is 30.4. The van der Waals surface area contributed by atoms with E-state index >= 15 is 0 Å². The summed E-state index contributed by atoms with van der Waals surface area (Å²) < 4.78 is 26.1. The second-order valence-corrected chi connectivity index (χ2v) is 25.7. The van der Waals surface area contributed by atoms with Gasteiger partial charge in [0.05, 0.1) is 52.2 Å². The van der Waals surface area contributed by atoms with E-state index < -0.39 is 16.8 Å². The zero-order valence-corrected chi connectivity index (χ0v) is 57.2. The predicted molar refractivity (Wildman–Crippen MR) is 387 cm³/mol. The molecular weight excluding hydrogens is 1180 g/mol. The normalized spacial score (nSPS) is 16.3. The molecule has 5 aliphatic rings. The zero-order valence-electron chi connectivity index (χ0n) is 54.8. The third-order valence-electron chi connectivity index (χ3n) is 18.2. The average Bonchev–Trinajstić information content (AvgIpc) is 1.67. The molecular formula is C76H98Cl3N7O4. The number of aliphatic imine (C=N–C) groups is 4. The number of ether oxygens (including phenoxy) is 4. The van der Waals surface area contributed by atoms with Crippen molar-refractivity contribution >= 4 is 82.4 Å². The summed E-state index contributed by atoms with van der Waals surface area (Å²) in [6, 6.07) is 33.1. The molecule has 0 spiro atoms. The van der Waals surface area contributed by atoms with Crippen molar-refractivity contribution in [1.29, 1.82) is 0 Å². The Morgan fingerprint density at radius 1 is 0.333 bits per heavy atom. The Morgan fingerprint density at radius 3 is 0.811 bits per heavy atom. The van der Waals surface area contributed by atoms with Crippen LogP contribution in [0, 0.1) is 17.8 Å². The topological polar surface area (TPSA) is 164 Å². The summed E-state index contributed by atoms with van der Waals surface area (Å²) in [6.45, 7) is 23.3. The van der Waals surface area contributed by atoms with Crippen molar-refractivity contribution in [2.45, 2.75) is 163 Å². The fraction of sp³-hybridized carbons (Fsp3) is 0.421. The van der Waals surface area contributed by atoms with Gasteiger partial charge in [0, 0.05) is 40.0 Å². The molecule has 4 aromatic rings. The first-order chi connectivity index (χ1) is 41.9. The van der Waals surface area contributed by atoms with Crippen molar-refractivity contribution in [3.63, 3.8) is 0 Å². The van der Waals surface area contributed by atoms with Gasteiger partial charge in [-0.3, -0.25) is 0 Å². The van der Waals surface area contributed by atoms with E-state index in [4.69, 9.17) is 56.1 Å². The highest BCUT2D eigenvalue weighted by Crippen LogP contribution is 2.41. The molecule has 3 unspecified atom stereocenters. The average molecular weight is 1280 g/mol. The third-order valence-corrected chi connectivity index (χ3v) is 18.2. The Hall–Kier alpha value is -6.57. The Kier molecular flexibility index (Phi) is 26.7. The lowest BCUT2D eigenvalue weighted by Crippen LogP contribution is -2.39. The number of nitrogens with two attached hydrogens (primary N) is 3. The zero-order chi connectivity index (χ0) is 61.7. The van der Waals surface area contributed by atoms with Gasteiger partial charge in [-0.2, -0.15) is 0 Å². The molecule has 482 valence electrons. The molecule has 0 aliphatic carbocycles. The number of allylic oxidation sites excluding steroid dienone is 12. The Bertz CT molecular complexity index is 3400. The molecule has 14 heteroatoms. The fourth-order valence-electron chi connectivity index (χ4n) is 11.3. The first-order valence-corrected chi connectivity index (χ1v) is 32.2. The summed E-state index contributed by atoms with van der Waals surface area (Å²) in [7, 11) is 0. The lowest BCUT2D eigenvalue weighted by Gasteiger charge is -2.32. The summed E-state index contributed by atoms with van der Waals surface area (Å²) in [5, 5.41) is 0. The van der Waals surface area contributed by atoms with Gasteiger partial charge in [0.25, 0.3) is 0 Å². The van der Waals surface area contributed by atoms with Crippen molar-refractivity contribution in [2.75, 3.05) is 26.2 Å². The number of halogens is 3. The molecule has 0 fully saturated rings. The molecule has 6 N–H and O–H groups in total. The van der Waals surface area contributed by atoms with Crippen molar-refractivity contribution < 1.29 is 18.9 Å². The minimum Gasteiger partial charge on any atom is -0.494 e. The maximum Gasteiger partial charge on any atom is 0.120 e. The molecule has 4 aromatic carbocycles. The van der Waals surface area contributed by atoms with Crippen LogP contribution in [-0.4, -0.2) is 65.9 Å². The van der Waals surface area contributed by atoms with Gasteiger partial charge in [-0.15, -0.1) is 37.2 Å². The molecule has 90 heavy (non-hydrogen) atoms. The van der Waals surface area contributed by atoms with E-state index in [0.29, 0.717) is 26.2 Å². The molecule has 5 aliphatic heterocycles. The van der Waals surface area contributed by atoms with E-state index in [1.54, 1.807) is 0 Å². The molecule has 0 amide bonds. The minimum absolute atomic E-state index is 0. The predicted octanol–water partition coefficient (Wildman–Crippen LogP) is 18.3. The maximum absolute atomic E-state index is 6.58. The molecule has 5 heterocycles. The van der Waals surface area contributed by atoms with E-state index in [2.05, 4.69) is 179 Å². The first kappa shape index (κ1) is 72.5. The van der Waals surface area contributed by atoms with Gasteiger partial charge in [0.2, 0.25) is 0 Å². The van der Waals surface area contributed by atoms with Crippen LogP contribution in [0.1, 0.15) is 169 Å². The number of rotatable bonds is 30. The molecule has 9 rings (SSSR count). The van der Waals surface area contributed by atoms with Crippen molar-refractivity contribution in [1.82, 2.24) is 0 Å². The van der Waals surface area contributed by atoms with Crippen LogP contribution < -0.4 is 36.1 Å². The van der Waals surface area contributed by atoms with Gasteiger partial charge in [-0.1, -0.05) is 147 Å². The number of hydrogen-bond acceptors (Lipinski definition) is 11. The second-order valence-electron chi connectivity index (χ2n) is 25.7. The van der Waals surface area contributed by atoms with E-state index in [-0.39, 0.29) is 55.0 Å². The summed E-state index contributed by atoms with van der Waals surface area (Å²) in [6.07, 6.45) is 32.4. The molecule has 11 nitrogen and oxygen atoms in total. The van der Waals surface area contributed by atoms with E-state index in [0.717, 1.165) is 120 Å². The number of nitrogens with zero attached hydrogens (tertiary/aromatic N) is 4. The molecule has 0 radical (unpaired) electrons. The van der Waals surface area contributed by atoms with Crippen LogP contribution in [0.4, 0.5) is 0 Å². The van der Waals surface area contributed by atoms with Gasteiger partial charge in [-0.05, 0) is 187 Å². The van der Waals surface area contributed by atoms with E-state index in [9.17, 15) is 0 Å². The van der Waals surface area contributed by atoms with Gasteiger partial charge in [-0.25, -0.2) is 20.0 Å². The largest absolute Gasteiger partial charge is 0.494 e. The number of benzene rings is 4. The van der Waals surface area contributed by atoms with Crippen LogP contribution in [0.2, 0.25) is 0 Å². The van der Waals surface area contributed by atoms with Gasteiger partial charge < -0.3 is 36.1 Å². The van der Waals surface area contributed by atoms with Crippen LogP contribution in [0.25, 0.3) is 22.3 Å². The highest BCUT2D eigenvalue weighted by Gasteiger charge is 2.32. The van der Waals surface area contributed by atoms with E-state index in [1.807, 2.05) is 36.4 Å². The SMILES string of the molecule is CCCCCCCCCCCCCCOc1ccc(C2=C3C=CC(=N3)C(c3ccc(OC(C)(C)C(C)CN)cc3)=C3C=CC(=N3)C(c3ccc(OC(C)(C)C(C)CN)cc3)=C3C=CC(=N3)C(c3ccc(OC(C)(C)C(C)CN)cc3)=C3C=CC2=N3)cc1.Cl.Cl.Cl.